The van der Waals surface area contributed by atoms with E-state index in [-0.39, 0.29) is 12.2 Å². The highest BCUT2D eigenvalue weighted by atomic mass is 16.4. The lowest BCUT2D eigenvalue weighted by Crippen LogP contribution is -2.30. The molecule has 0 heterocycles. The molecule has 2 aliphatic rings. The van der Waals surface area contributed by atoms with Crippen molar-refractivity contribution >= 4 is 11.8 Å². The third kappa shape index (κ3) is 1.71. The molecule has 1 atom stereocenters. The number of rotatable bonds is 3. The number of ketones is 1. The monoisotopic (exact) mass is 208 g/mol. The summed E-state index contributed by atoms with van der Waals surface area (Å²) < 4.78 is 0. The predicted molar refractivity (Wildman–Crippen MR) is 55.5 cm³/mol. The molecule has 0 bridgehead atoms. The van der Waals surface area contributed by atoms with E-state index in [9.17, 15) is 9.59 Å². The fraction of sp³-hybridized carbons (Fsp3) is 0.667. The van der Waals surface area contributed by atoms with Crippen LogP contribution in [0.4, 0.5) is 0 Å². The highest BCUT2D eigenvalue weighted by molar-refractivity contribution is 5.93. The summed E-state index contributed by atoms with van der Waals surface area (Å²) in [6.07, 6.45) is 7.23. The van der Waals surface area contributed by atoms with Crippen LogP contribution >= 0.6 is 0 Å². The molecule has 2 aliphatic carbocycles. The van der Waals surface area contributed by atoms with Gasteiger partial charge in [0.15, 0.2) is 0 Å². The van der Waals surface area contributed by atoms with E-state index >= 15 is 0 Å². The Hall–Kier alpha value is -1.12. The van der Waals surface area contributed by atoms with Crippen LogP contribution in [-0.2, 0) is 9.59 Å². The van der Waals surface area contributed by atoms with E-state index in [2.05, 4.69) is 6.08 Å². The lowest BCUT2D eigenvalue weighted by atomic mass is 9.74. The van der Waals surface area contributed by atoms with Crippen LogP contribution in [-0.4, -0.2) is 16.9 Å². The van der Waals surface area contributed by atoms with Gasteiger partial charge in [-0.2, -0.15) is 0 Å². The zero-order valence-corrected chi connectivity index (χ0v) is 8.79. The Bertz CT molecular complexity index is 330. The Morgan fingerprint density at radius 2 is 2.20 bits per heavy atom. The Kier molecular flexibility index (Phi) is 2.63. The van der Waals surface area contributed by atoms with Crippen molar-refractivity contribution in [2.45, 2.75) is 44.9 Å². The van der Waals surface area contributed by atoms with Gasteiger partial charge in [0.1, 0.15) is 5.78 Å². The summed E-state index contributed by atoms with van der Waals surface area (Å²) >= 11 is 0. The summed E-state index contributed by atoms with van der Waals surface area (Å²) in [4.78, 5) is 22.8. The van der Waals surface area contributed by atoms with Gasteiger partial charge in [-0.3, -0.25) is 9.59 Å². The summed E-state index contributed by atoms with van der Waals surface area (Å²) in [5.74, 6) is -0.698. The molecule has 2 rings (SSSR count). The van der Waals surface area contributed by atoms with Crippen molar-refractivity contribution in [1.29, 1.82) is 0 Å². The van der Waals surface area contributed by atoms with E-state index in [0.717, 1.165) is 37.7 Å². The molecule has 82 valence electrons. The number of Topliss-reactive ketones (excluding diaryl/α,β-unsaturated/α-hetero) is 1. The third-order valence-corrected chi connectivity index (χ3v) is 3.65. The number of carboxylic acids is 1. The highest BCUT2D eigenvalue weighted by Crippen LogP contribution is 2.47. The molecule has 0 aromatic rings. The molecule has 3 heteroatoms. The molecule has 0 aromatic carbocycles. The van der Waals surface area contributed by atoms with Crippen LogP contribution in [0.25, 0.3) is 0 Å². The summed E-state index contributed by atoms with van der Waals surface area (Å²) in [5.41, 5.74) is 0.481. The van der Waals surface area contributed by atoms with Crippen molar-refractivity contribution in [2.75, 3.05) is 0 Å². The summed E-state index contributed by atoms with van der Waals surface area (Å²) in [5, 5.41) is 8.94. The summed E-state index contributed by atoms with van der Waals surface area (Å²) in [6, 6.07) is 0. The molecule has 0 spiro atoms. The Morgan fingerprint density at radius 1 is 1.40 bits per heavy atom. The Labute approximate surface area is 89.2 Å². The first-order valence-corrected chi connectivity index (χ1v) is 5.60. The van der Waals surface area contributed by atoms with E-state index in [1.165, 1.54) is 0 Å². The average molecular weight is 208 g/mol. The van der Waals surface area contributed by atoms with Crippen LogP contribution in [0.5, 0.6) is 0 Å². The maximum atomic E-state index is 11.9. The standard InChI is InChI=1S/C12H16O3/c13-10-6-3-7-12(10,8-11(14)15)9-4-1-2-5-9/h4H,1-3,5-8H2,(H,14,15)/t12-/m0/s1. The number of hydrogen-bond acceptors (Lipinski definition) is 2. The first kappa shape index (κ1) is 10.4. The van der Waals surface area contributed by atoms with Crippen molar-refractivity contribution in [3.8, 4) is 0 Å². The van der Waals surface area contributed by atoms with E-state index in [4.69, 9.17) is 5.11 Å². The topological polar surface area (TPSA) is 54.4 Å². The molecular formula is C12H16O3. The van der Waals surface area contributed by atoms with Crippen LogP contribution < -0.4 is 0 Å². The van der Waals surface area contributed by atoms with Gasteiger partial charge in [-0.15, -0.1) is 0 Å². The smallest absolute Gasteiger partial charge is 0.304 e. The fourth-order valence-corrected chi connectivity index (χ4v) is 2.93. The van der Waals surface area contributed by atoms with Crippen molar-refractivity contribution < 1.29 is 14.7 Å². The second-order valence-electron chi connectivity index (χ2n) is 4.55. The molecule has 1 fully saturated rings. The maximum absolute atomic E-state index is 11.9. The quantitative estimate of drug-likeness (QED) is 0.724. The number of carboxylic acid groups (broad SMARTS) is 1. The normalized spacial score (nSPS) is 30.7. The van der Waals surface area contributed by atoms with Gasteiger partial charge in [0.05, 0.1) is 11.8 Å². The van der Waals surface area contributed by atoms with Gasteiger partial charge in [0, 0.05) is 6.42 Å². The lowest BCUT2D eigenvalue weighted by molar-refractivity contribution is -0.142. The molecule has 0 saturated heterocycles. The van der Waals surface area contributed by atoms with E-state index in [1.807, 2.05) is 0 Å². The lowest BCUT2D eigenvalue weighted by Gasteiger charge is -2.27. The second-order valence-corrected chi connectivity index (χ2v) is 4.55. The zero-order chi connectivity index (χ0) is 10.9. The van der Waals surface area contributed by atoms with Gasteiger partial charge in [-0.1, -0.05) is 11.6 Å². The van der Waals surface area contributed by atoms with Crippen molar-refractivity contribution in [1.82, 2.24) is 0 Å². The minimum absolute atomic E-state index is 0.00231. The van der Waals surface area contributed by atoms with Crippen LogP contribution in [0.1, 0.15) is 44.9 Å². The van der Waals surface area contributed by atoms with Crippen molar-refractivity contribution in [3.05, 3.63) is 11.6 Å². The zero-order valence-electron chi connectivity index (χ0n) is 8.79. The number of aliphatic carboxylic acids is 1. The molecule has 0 unspecified atom stereocenters. The minimum atomic E-state index is -0.849. The van der Waals surface area contributed by atoms with Gasteiger partial charge in [-0.05, 0) is 32.1 Å². The maximum Gasteiger partial charge on any atom is 0.304 e. The number of hydrogen-bond donors (Lipinski definition) is 1. The van der Waals surface area contributed by atoms with Crippen LogP contribution in [0.2, 0.25) is 0 Å². The molecule has 1 saturated carbocycles. The van der Waals surface area contributed by atoms with Gasteiger partial charge >= 0.3 is 5.97 Å². The average Bonchev–Trinajstić information content (AvgIpc) is 2.76. The van der Waals surface area contributed by atoms with E-state index in [1.54, 1.807) is 0 Å². The largest absolute Gasteiger partial charge is 0.481 e. The molecule has 0 radical (unpaired) electrons. The van der Waals surface area contributed by atoms with Gasteiger partial charge in [0.25, 0.3) is 0 Å². The molecule has 15 heavy (non-hydrogen) atoms. The van der Waals surface area contributed by atoms with Crippen LogP contribution in [0.3, 0.4) is 0 Å². The Morgan fingerprint density at radius 3 is 2.67 bits per heavy atom. The predicted octanol–water partition coefficient (Wildman–Crippen LogP) is 2.31. The van der Waals surface area contributed by atoms with Crippen molar-refractivity contribution in [2.24, 2.45) is 5.41 Å². The molecular weight excluding hydrogens is 192 g/mol. The molecule has 1 N–H and O–H groups in total. The molecule has 0 aliphatic heterocycles. The first-order valence-electron chi connectivity index (χ1n) is 5.60. The minimum Gasteiger partial charge on any atom is -0.481 e. The third-order valence-electron chi connectivity index (χ3n) is 3.65. The van der Waals surface area contributed by atoms with E-state index < -0.39 is 11.4 Å². The van der Waals surface area contributed by atoms with Crippen molar-refractivity contribution in [3.63, 3.8) is 0 Å². The molecule has 3 nitrogen and oxygen atoms in total. The number of carbonyl (C=O) groups excluding carboxylic acids is 1. The van der Waals surface area contributed by atoms with Crippen LogP contribution in [0.15, 0.2) is 11.6 Å². The van der Waals surface area contributed by atoms with E-state index in [0.29, 0.717) is 6.42 Å². The molecule has 0 aromatic heterocycles. The number of allylic oxidation sites excluding steroid dienone is 2. The molecule has 0 amide bonds. The number of carbonyl (C=O) groups is 2. The SMILES string of the molecule is O=C(O)C[C@]1(C2=CCCC2)CCCC1=O. The second kappa shape index (κ2) is 3.80. The van der Waals surface area contributed by atoms with Gasteiger partial charge < -0.3 is 5.11 Å². The van der Waals surface area contributed by atoms with Gasteiger partial charge in [-0.25, -0.2) is 0 Å². The summed E-state index contributed by atoms with van der Waals surface area (Å²) in [7, 11) is 0. The van der Waals surface area contributed by atoms with Crippen LogP contribution in [0, 0.1) is 5.41 Å². The summed E-state index contributed by atoms with van der Waals surface area (Å²) in [6.45, 7) is 0. The first-order chi connectivity index (χ1) is 7.15. The highest BCUT2D eigenvalue weighted by Gasteiger charge is 2.46. The Balaban J connectivity index is 2.29. The van der Waals surface area contributed by atoms with Gasteiger partial charge in [0.2, 0.25) is 0 Å². The fourth-order valence-electron chi connectivity index (χ4n) is 2.93.